The number of anilines is 1. The number of rotatable bonds is 6. The minimum absolute atomic E-state index is 0.222. The van der Waals surface area contributed by atoms with Crippen molar-refractivity contribution in [3.63, 3.8) is 0 Å². The monoisotopic (exact) mass is 393 g/mol. The minimum atomic E-state index is -0.252. The van der Waals surface area contributed by atoms with Crippen LogP contribution >= 0.6 is 11.3 Å². The van der Waals surface area contributed by atoms with Crippen molar-refractivity contribution in [3.05, 3.63) is 82.0 Å². The molecule has 0 unspecified atom stereocenters. The van der Waals surface area contributed by atoms with Gasteiger partial charge in [0.05, 0.1) is 17.7 Å². The van der Waals surface area contributed by atoms with Gasteiger partial charge in [-0.25, -0.2) is 5.43 Å². The highest BCUT2D eigenvalue weighted by Crippen LogP contribution is 2.16. The van der Waals surface area contributed by atoms with Gasteiger partial charge in [0.15, 0.2) is 0 Å². The molecule has 0 aliphatic carbocycles. The Morgan fingerprint density at radius 2 is 1.75 bits per heavy atom. The third-order valence-electron chi connectivity index (χ3n) is 3.96. The van der Waals surface area contributed by atoms with Gasteiger partial charge in [-0.2, -0.15) is 5.10 Å². The van der Waals surface area contributed by atoms with Crippen molar-refractivity contribution < 1.29 is 14.3 Å². The van der Waals surface area contributed by atoms with Gasteiger partial charge in [-0.3, -0.25) is 9.59 Å². The Labute approximate surface area is 166 Å². The fourth-order valence-corrected chi connectivity index (χ4v) is 3.04. The number of benzene rings is 2. The molecule has 142 valence electrons. The predicted molar refractivity (Wildman–Crippen MR) is 111 cm³/mol. The van der Waals surface area contributed by atoms with E-state index in [1.807, 2.05) is 23.6 Å². The number of amides is 2. The molecular weight excluding hydrogens is 374 g/mol. The van der Waals surface area contributed by atoms with Crippen LogP contribution in [0.25, 0.3) is 0 Å². The molecule has 0 spiro atoms. The van der Waals surface area contributed by atoms with E-state index in [1.165, 1.54) is 11.3 Å². The number of hydrogen-bond donors (Lipinski definition) is 2. The number of methoxy groups -OCH3 is 1. The van der Waals surface area contributed by atoms with Gasteiger partial charge in [0, 0.05) is 11.3 Å². The van der Waals surface area contributed by atoms with Crippen LogP contribution in [-0.4, -0.2) is 24.6 Å². The maximum atomic E-state index is 12.4. The summed E-state index contributed by atoms with van der Waals surface area (Å²) in [5, 5.41) is 8.84. The molecule has 0 aliphatic heterocycles. The molecule has 28 heavy (non-hydrogen) atoms. The SMILES string of the molecule is COc1ccc(C(=O)Nc2cccc(C(C)=NNC(=O)c3cccs3)c2)cc1. The summed E-state index contributed by atoms with van der Waals surface area (Å²) in [6.07, 6.45) is 0. The zero-order valence-electron chi connectivity index (χ0n) is 15.4. The normalized spacial score (nSPS) is 11.0. The van der Waals surface area contributed by atoms with E-state index in [2.05, 4.69) is 15.8 Å². The number of ether oxygens (including phenoxy) is 1. The van der Waals surface area contributed by atoms with Gasteiger partial charge in [0.2, 0.25) is 0 Å². The van der Waals surface area contributed by atoms with Crippen molar-refractivity contribution in [1.82, 2.24) is 5.43 Å². The molecule has 0 bridgehead atoms. The summed E-state index contributed by atoms with van der Waals surface area (Å²) in [6.45, 7) is 1.79. The summed E-state index contributed by atoms with van der Waals surface area (Å²) in [6, 6.07) is 17.7. The number of nitrogens with zero attached hydrogens (tertiary/aromatic N) is 1. The largest absolute Gasteiger partial charge is 0.497 e. The number of hydrazone groups is 1. The van der Waals surface area contributed by atoms with E-state index in [0.717, 1.165) is 5.56 Å². The lowest BCUT2D eigenvalue weighted by molar-refractivity contribution is 0.0958. The zero-order valence-corrected chi connectivity index (χ0v) is 16.2. The van der Waals surface area contributed by atoms with Crippen molar-refractivity contribution in [2.75, 3.05) is 12.4 Å². The summed E-state index contributed by atoms with van der Waals surface area (Å²) in [5.74, 6) is 0.216. The highest BCUT2D eigenvalue weighted by Gasteiger charge is 2.08. The quantitative estimate of drug-likeness (QED) is 0.487. The topological polar surface area (TPSA) is 79.8 Å². The lowest BCUT2D eigenvalue weighted by atomic mass is 10.1. The zero-order chi connectivity index (χ0) is 19.9. The second kappa shape index (κ2) is 8.96. The molecule has 0 aliphatic rings. The molecule has 1 heterocycles. The second-order valence-corrected chi connectivity index (χ2v) is 6.83. The van der Waals surface area contributed by atoms with E-state index in [0.29, 0.717) is 27.6 Å². The average Bonchev–Trinajstić information content (AvgIpc) is 3.27. The fourth-order valence-electron chi connectivity index (χ4n) is 2.43. The molecule has 2 amide bonds. The van der Waals surface area contributed by atoms with E-state index >= 15 is 0 Å². The van der Waals surface area contributed by atoms with E-state index in [4.69, 9.17) is 4.74 Å². The number of thiophene rings is 1. The maximum absolute atomic E-state index is 12.4. The summed E-state index contributed by atoms with van der Waals surface area (Å²) < 4.78 is 5.10. The highest BCUT2D eigenvalue weighted by atomic mass is 32.1. The molecule has 1 aromatic heterocycles. The van der Waals surface area contributed by atoms with Crippen LogP contribution in [0.3, 0.4) is 0 Å². The molecular formula is C21H19N3O3S. The molecule has 2 N–H and O–H groups in total. The van der Waals surface area contributed by atoms with Crippen molar-refractivity contribution in [2.24, 2.45) is 5.10 Å². The molecule has 7 heteroatoms. The van der Waals surface area contributed by atoms with Crippen molar-refractivity contribution in [2.45, 2.75) is 6.92 Å². The number of carbonyl (C=O) groups excluding carboxylic acids is 2. The molecule has 0 saturated heterocycles. The Morgan fingerprint density at radius 3 is 2.43 bits per heavy atom. The standard InChI is InChI=1S/C21H19N3O3S/c1-14(23-24-21(26)19-7-4-12-28-19)16-5-3-6-17(13-16)22-20(25)15-8-10-18(27-2)11-9-15/h3-13H,1-2H3,(H,22,25)(H,24,26). The molecule has 2 aromatic carbocycles. The van der Waals surface area contributed by atoms with Gasteiger partial charge in [0.1, 0.15) is 5.75 Å². The van der Waals surface area contributed by atoms with Crippen molar-refractivity contribution in [3.8, 4) is 5.75 Å². The number of hydrogen-bond acceptors (Lipinski definition) is 5. The van der Waals surface area contributed by atoms with Gasteiger partial charge in [-0.1, -0.05) is 18.2 Å². The molecule has 3 rings (SSSR count). The highest BCUT2D eigenvalue weighted by molar-refractivity contribution is 7.12. The molecule has 0 saturated carbocycles. The van der Waals surface area contributed by atoms with Crippen LogP contribution in [0.15, 0.2) is 71.1 Å². The van der Waals surface area contributed by atoms with Gasteiger partial charge in [-0.05, 0) is 60.3 Å². The lowest BCUT2D eigenvalue weighted by Crippen LogP contribution is -2.18. The van der Waals surface area contributed by atoms with Gasteiger partial charge >= 0.3 is 0 Å². The Morgan fingerprint density at radius 1 is 0.964 bits per heavy atom. The van der Waals surface area contributed by atoms with Crippen LogP contribution in [0.5, 0.6) is 5.75 Å². The summed E-state index contributed by atoms with van der Waals surface area (Å²) in [4.78, 5) is 25.0. The Balaban J connectivity index is 1.67. The average molecular weight is 393 g/mol. The summed E-state index contributed by atoms with van der Waals surface area (Å²) in [7, 11) is 1.58. The van der Waals surface area contributed by atoms with Crippen molar-refractivity contribution in [1.29, 1.82) is 0 Å². The van der Waals surface area contributed by atoms with Crippen LogP contribution < -0.4 is 15.5 Å². The van der Waals surface area contributed by atoms with Crippen molar-refractivity contribution >= 4 is 34.6 Å². The smallest absolute Gasteiger partial charge is 0.281 e. The maximum Gasteiger partial charge on any atom is 0.281 e. The van der Waals surface area contributed by atoms with Crippen LogP contribution in [0.1, 0.15) is 32.5 Å². The number of carbonyl (C=O) groups is 2. The predicted octanol–water partition coefficient (Wildman–Crippen LogP) is 4.16. The molecule has 0 fully saturated rings. The molecule has 0 atom stereocenters. The van der Waals surface area contributed by atoms with Gasteiger partial charge in [0.25, 0.3) is 11.8 Å². The molecule has 0 radical (unpaired) electrons. The first-order valence-electron chi connectivity index (χ1n) is 8.51. The Hall–Kier alpha value is -3.45. The van der Waals surface area contributed by atoms with Crippen LogP contribution in [-0.2, 0) is 0 Å². The Kier molecular flexibility index (Phi) is 6.18. The van der Waals surface area contributed by atoms with Crippen LogP contribution in [0, 0.1) is 0 Å². The van der Waals surface area contributed by atoms with Crippen LogP contribution in [0.4, 0.5) is 5.69 Å². The second-order valence-electron chi connectivity index (χ2n) is 5.88. The first kappa shape index (κ1) is 19.3. The molecule has 6 nitrogen and oxygen atoms in total. The minimum Gasteiger partial charge on any atom is -0.497 e. The first-order valence-corrected chi connectivity index (χ1v) is 9.39. The van der Waals surface area contributed by atoms with E-state index in [1.54, 1.807) is 56.5 Å². The van der Waals surface area contributed by atoms with E-state index in [9.17, 15) is 9.59 Å². The Bertz CT molecular complexity index is 996. The third-order valence-corrected chi connectivity index (χ3v) is 4.83. The van der Waals surface area contributed by atoms with Crippen LogP contribution in [0.2, 0.25) is 0 Å². The summed E-state index contributed by atoms with van der Waals surface area (Å²) >= 11 is 1.35. The van der Waals surface area contributed by atoms with E-state index in [-0.39, 0.29) is 11.8 Å². The van der Waals surface area contributed by atoms with E-state index < -0.39 is 0 Å². The molecule has 3 aromatic rings. The van der Waals surface area contributed by atoms with Gasteiger partial charge in [-0.15, -0.1) is 11.3 Å². The summed E-state index contributed by atoms with van der Waals surface area (Å²) in [5.41, 5.74) is 5.13. The lowest BCUT2D eigenvalue weighted by Gasteiger charge is -2.08. The van der Waals surface area contributed by atoms with Gasteiger partial charge < -0.3 is 10.1 Å². The first-order chi connectivity index (χ1) is 13.6. The number of nitrogens with one attached hydrogen (secondary N) is 2. The fraction of sp³-hybridized carbons (Fsp3) is 0.0952. The third kappa shape index (κ3) is 4.83.